The highest BCUT2D eigenvalue weighted by molar-refractivity contribution is 6.31. The number of hydroxylamine groups is 1. The molecule has 2 amide bonds. The van der Waals surface area contributed by atoms with Crippen molar-refractivity contribution in [2.24, 2.45) is 0 Å². The van der Waals surface area contributed by atoms with Crippen LogP contribution in [-0.2, 0) is 24.2 Å². The molecule has 0 aliphatic heterocycles. The summed E-state index contributed by atoms with van der Waals surface area (Å²) in [6.07, 6.45) is 9.41. The first-order chi connectivity index (χ1) is 18.5. The Morgan fingerprint density at radius 1 is 1.24 bits per heavy atom. The van der Waals surface area contributed by atoms with Crippen LogP contribution in [-0.4, -0.2) is 50.7 Å². The fourth-order valence-corrected chi connectivity index (χ4v) is 5.43. The summed E-state index contributed by atoms with van der Waals surface area (Å²) in [6, 6.07) is 12.2. The van der Waals surface area contributed by atoms with E-state index in [2.05, 4.69) is 37.5 Å². The van der Waals surface area contributed by atoms with Crippen LogP contribution in [0.2, 0.25) is 5.02 Å². The van der Waals surface area contributed by atoms with Gasteiger partial charge in [-0.15, -0.1) is 0 Å². The first-order valence-corrected chi connectivity index (χ1v) is 12.8. The molecular formula is C28H29ClN6O3. The number of rotatable bonds is 9. The zero-order chi connectivity index (χ0) is 26.6. The van der Waals surface area contributed by atoms with Gasteiger partial charge in [0, 0.05) is 59.9 Å². The summed E-state index contributed by atoms with van der Waals surface area (Å²) in [4.78, 5) is 29.5. The molecule has 0 spiro atoms. The van der Waals surface area contributed by atoms with E-state index in [1.54, 1.807) is 24.8 Å². The van der Waals surface area contributed by atoms with Crippen LogP contribution < -0.4 is 10.8 Å². The lowest BCUT2D eigenvalue weighted by atomic mass is 10.0. The highest BCUT2D eigenvalue weighted by atomic mass is 35.5. The van der Waals surface area contributed by atoms with E-state index in [4.69, 9.17) is 16.8 Å². The van der Waals surface area contributed by atoms with Crippen LogP contribution in [0.3, 0.4) is 0 Å². The van der Waals surface area contributed by atoms with Crippen molar-refractivity contribution in [3.8, 4) is 0 Å². The van der Waals surface area contributed by atoms with Gasteiger partial charge in [-0.25, -0.2) is 5.48 Å². The molecule has 0 fully saturated rings. The second-order valence-electron chi connectivity index (χ2n) is 9.40. The molecule has 38 heavy (non-hydrogen) atoms. The van der Waals surface area contributed by atoms with Crippen molar-refractivity contribution in [3.05, 3.63) is 93.4 Å². The molecule has 0 radical (unpaired) electrons. The lowest BCUT2D eigenvalue weighted by molar-refractivity contribution is -0.124. The van der Waals surface area contributed by atoms with E-state index in [9.17, 15) is 9.59 Å². The van der Waals surface area contributed by atoms with Gasteiger partial charge in [-0.05, 0) is 59.7 Å². The number of nitrogens with one attached hydrogen (secondary N) is 4. The minimum absolute atomic E-state index is 0.163. The van der Waals surface area contributed by atoms with Crippen LogP contribution in [0, 0.1) is 0 Å². The number of benzene rings is 2. The summed E-state index contributed by atoms with van der Waals surface area (Å²) >= 11 is 6.17. The number of aromatic nitrogens is 3. The second kappa shape index (κ2) is 11.2. The number of nitrogens with zero attached hydrogens (tertiary/aromatic N) is 2. The summed E-state index contributed by atoms with van der Waals surface area (Å²) in [5.41, 5.74) is 8.51. The Balaban J connectivity index is 1.42. The lowest BCUT2D eigenvalue weighted by Crippen LogP contribution is -2.30. The van der Waals surface area contributed by atoms with Crippen molar-refractivity contribution in [3.63, 3.8) is 0 Å². The number of carbonyl (C=O) groups excluding carboxylic acids is 2. The highest BCUT2D eigenvalue weighted by Gasteiger charge is 2.29. The van der Waals surface area contributed by atoms with E-state index in [0.717, 1.165) is 47.8 Å². The van der Waals surface area contributed by atoms with Crippen LogP contribution in [0.4, 0.5) is 0 Å². The van der Waals surface area contributed by atoms with Crippen molar-refractivity contribution >= 4 is 40.4 Å². The number of aromatic amines is 2. The summed E-state index contributed by atoms with van der Waals surface area (Å²) in [7, 11) is 1.61. The Morgan fingerprint density at radius 2 is 2.11 bits per heavy atom. The predicted octanol–water partition coefficient (Wildman–Crippen LogP) is 4.15. The molecule has 0 saturated heterocycles. The van der Waals surface area contributed by atoms with E-state index in [-0.39, 0.29) is 11.9 Å². The van der Waals surface area contributed by atoms with Gasteiger partial charge in [0.05, 0.1) is 6.20 Å². The molecule has 0 saturated carbocycles. The molecule has 4 aromatic rings. The molecule has 2 aromatic carbocycles. The van der Waals surface area contributed by atoms with Crippen molar-refractivity contribution in [1.29, 1.82) is 0 Å². The zero-order valence-electron chi connectivity index (χ0n) is 20.9. The summed E-state index contributed by atoms with van der Waals surface area (Å²) in [6.45, 7) is 1.34. The maximum absolute atomic E-state index is 12.4. The van der Waals surface area contributed by atoms with Gasteiger partial charge in [-0.3, -0.25) is 24.8 Å². The molecule has 2 heterocycles. The number of amides is 2. The van der Waals surface area contributed by atoms with Crippen molar-refractivity contribution < 1.29 is 14.8 Å². The van der Waals surface area contributed by atoms with Crippen molar-refractivity contribution in [2.45, 2.75) is 31.8 Å². The molecule has 10 heteroatoms. The van der Waals surface area contributed by atoms with Gasteiger partial charge >= 0.3 is 0 Å². The summed E-state index contributed by atoms with van der Waals surface area (Å²) in [5.74, 6) is -0.762. The fourth-order valence-electron chi connectivity index (χ4n) is 5.25. The molecule has 5 N–H and O–H groups in total. The quantitative estimate of drug-likeness (QED) is 0.126. The SMILES string of the molecule is CNC(=O)c1[nH]ncc1CN(CCc1c[nH]c2cc(Cl)ccc12)C1CCc2cc(/C=C/C(=O)NO)ccc21. The maximum Gasteiger partial charge on any atom is 0.269 e. The van der Waals surface area contributed by atoms with Gasteiger partial charge in [-0.2, -0.15) is 5.10 Å². The maximum atomic E-state index is 12.4. The largest absolute Gasteiger partial charge is 0.361 e. The monoisotopic (exact) mass is 532 g/mol. The number of hydrogen-bond donors (Lipinski definition) is 5. The van der Waals surface area contributed by atoms with Crippen LogP contribution in [0.25, 0.3) is 17.0 Å². The number of aryl methyl sites for hydroxylation is 1. The normalized spacial score (nSPS) is 14.9. The van der Waals surface area contributed by atoms with Gasteiger partial charge in [0.25, 0.3) is 11.8 Å². The van der Waals surface area contributed by atoms with Crippen LogP contribution in [0.1, 0.15) is 50.8 Å². The third kappa shape index (κ3) is 5.35. The molecule has 2 aromatic heterocycles. The molecule has 1 unspecified atom stereocenters. The van der Waals surface area contributed by atoms with Gasteiger partial charge in [0.2, 0.25) is 0 Å². The Hall–Kier alpha value is -3.92. The number of carbonyl (C=O) groups is 2. The molecule has 1 aliphatic carbocycles. The molecule has 1 aliphatic rings. The molecule has 1 atom stereocenters. The van der Waals surface area contributed by atoms with Gasteiger partial charge in [0.1, 0.15) is 5.69 Å². The van der Waals surface area contributed by atoms with Crippen molar-refractivity contribution in [2.75, 3.05) is 13.6 Å². The van der Waals surface area contributed by atoms with Crippen LogP contribution >= 0.6 is 11.6 Å². The number of fused-ring (bicyclic) bond motifs is 2. The minimum Gasteiger partial charge on any atom is -0.361 e. The number of hydrogen-bond acceptors (Lipinski definition) is 5. The second-order valence-corrected chi connectivity index (χ2v) is 9.83. The fraction of sp³-hybridized carbons (Fsp3) is 0.250. The van der Waals surface area contributed by atoms with Gasteiger partial charge in [0.15, 0.2) is 0 Å². The van der Waals surface area contributed by atoms with Gasteiger partial charge in [-0.1, -0.05) is 35.9 Å². The van der Waals surface area contributed by atoms with E-state index in [1.807, 2.05) is 30.5 Å². The average molecular weight is 533 g/mol. The van der Waals surface area contributed by atoms with Crippen LogP contribution in [0.15, 0.2) is 54.9 Å². The Kier molecular flexibility index (Phi) is 7.59. The summed E-state index contributed by atoms with van der Waals surface area (Å²) < 4.78 is 0. The van der Waals surface area contributed by atoms with E-state index >= 15 is 0 Å². The zero-order valence-corrected chi connectivity index (χ0v) is 21.7. The van der Waals surface area contributed by atoms with Crippen molar-refractivity contribution in [1.82, 2.24) is 30.9 Å². The topological polar surface area (TPSA) is 126 Å². The molecule has 5 rings (SSSR count). The molecule has 9 nitrogen and oxygen atoms in total. The van der Waals surface area contributed by atoms with E-state index < -0.39 is 5.91 Å². The minimum atomic E-state index is -0.568. The Bertz CT molecular complexity index is 1510. The third-order valence-electron chi connectivity index (χ3n) is 7.13. The Morgan fingerprint density at radius 3 is 2.92 bits per heavy atom. The molecular weight excluding hydrogens is 504 g/mol. The van der Waals surface area contributed by atoms with E-state index in [0.29, 0.717) is 17.3 Å². The van der Waals surface area contributed by atoms with Gasteiger partial charge < -0.3 is 10.3 Å². The first-order valence-electron chi connectivity index (χ1n) is 12.5. The summed E-state index contributed by atoms with van der Waals surface area (Å²) in [5, 5.41) is 20.2. The standard InChI is InChI=1S/C28H29ClN6O3/c1-30-28(37)27-20(15-32-33-27)16-35(11-10-19-14-31-24-13-21(29)5-7-22(19)24)25-8-4-18-12-17(2-6-23(18)25)3-9-26(36)34-38/h2-3,5-7,9,12-15,25,31,38H,4,8,10-11,16H2,1H3,(H,30,37)(H,32,33)(H,34,36)/b9-3+. The predicted molar refractivity (Wildman–Crippen MR) is 146 cm³/mol. The number of halogens is 1. The van der Waals surface area contributed by atoms with Crippen LogP contribution in [0.5, 0.6) is 0 Å². The van der Waals surface area contributed by atoms with E-state index in [1.165, 1.54) is 22.8 Å². The molecule has 0 bridgehead atoms. The Labute approximate surface area is 224 Å². The lowest BCUT2D eigenvalue weighted by Gasteiger charge is -2.30. The first kappa shape index (κ1) is 25.7. The average Bonchev–Trinajstić information content (AvgIpc) is 3.67. The molecule has 196 valence electrons. The smallest absolute Gasteiger partial charge is 0.269 e. The third-order valence-corrected chi connectivity index (χ3v) is 7.37. The highest BCUT2D eigenvalue weighted by Crippen LogP contribution is 2.38. The number of H-pyrrole nitrogens is 2.